The largest absolute Gasteiger partial charge is 0.497 e. The van der Waals surface area contributed by atoms with E-state index in [2.05, 4.69) is 5.32 Å². The van der Waals surface area contributed by atoms with Crippen LogP contribution >= 0.6 is 0 Å². The molecule has 2 aromatic rings. The number of carboxylic acid groups (broad SMARTS) is 1. The fourth-order valence-corrected chi connectivity index (χ4v) is 3.43. The van der Waals surface area contributed by atoms with Crippen molar-refractivity contribution in [2.45, 2.75) is 18.9 Å². The zero-order chi connectivity index (χ0) is 19.2. The van der Waals surface area contributed by atoms with Gasteiger partial charge < -0.3 is 15.2 Å². The predicted molar refractivity (Wildman–Crippen MR) is 102 cm³/mol. The van der Waals surface area contributed by atoms with E-state index in [4.69, 9.17) is 4.74 Å². The number of carboxylic acids is 1. The number of aliphatic carboxylic acids is 1. The van der Waals surface area contributed by atoms with Crippen molar-refractivity contribution in [2.75, 3.05) is 7.11 Å². The number of nitrogens with one attached hydrogen (secondary N) is 1. The summed E-state index contributed by atoms with van der Waals surface area (Å²) >= 11 is 0. The summed E-state index contributed by atoms with van der Waals surface area (Å²) in [6, 6.07) is 16.8. The number of hydrogen-bond donors (Lipinski definition) is 2. The summed E-state index contributed by atoms with van der Waals surface area (Å²) in [6.07, 6.45) is 4.54. The van der Waals surface area contributed by atoms with Crippen LogP contribution in [0.15, 0.2) is 66.7 Å². The summed E-state index contributed by atoms with van der Waals surface area (Å²) in [5, 5.41) is 12.5. The molecule has 3 unspecified atom stereocenters. The Balaban J connectivity index is 1.88. The normalized spacial score (nSPS) is 19.9. The first-order valence-corrected chi connectivity index (χ1v) is 8.97. The molecule has 0 saturated carbocycles. The van der Waals surface area contributed by atoms with Crippen molar-refractivity contribution in [1.29, 1.82) is 0 Å². The Labute approximate surface area is 158 Å². The van der Waals surface area contributed by atoms with Gasteiger partial charge in [-0.2, -0.15) is 0 Å². The topological polar surface area (TPSA) is 75.6 Å². The van der Waals surface area contributed by atoms with Crippen molar-refractivity contribution in [2.24, 2.45) is 11.8 Å². The maximum absolute atomic E-state index is 13.0. The summed E-state index contributed by atoms with van der Waals surface area (Å²) in [5.41, 5.74) is 1.85. The molecule has 0 fully saturated rings. The number of benzene rings is 2. The van der Waals surface area contributed by atoms with Crippen LogP contribution in [-0.2, 0) is 9.59 Å². The van der Waals surface area contributed by atoms with Crippen LogP contribution in [0, 0.1) is 11.8 Å². The van der Waals surface area contributed by atoms with Gasteiger partial charge >= 0.3 is 5.97 Å². The molecule has 0 radical (unpaired) electrons. The Morgan fingerprint density at radius 3 is 2.15 bits per heavy atom. The molecular formula is C22H23NO4. The highest BCUT2D eigenvalue weighted by Crippen LogP contribution is 2.29. The molecule has 0 saturated heterocycles. The summed E-state index contributed by atoms with van der Waals surface area (Å²) < 4.78 is 5.21. The first-order chi connectivity index (χ1) is 13.1. The van der Waals surface area contributed by atoms with Crippen molar-refractivity contribution in [3.63, 3.8) is 0 Å². The monoisotopic (exact) mass is 365 g/mol. The number of methoxy groups -OCH3 is 1. The Kier molecular flexibility index (Phi) is 5.91. The van der Waals surface area contributed by atoms with E-state index >= 15 is 0 Å². The molecule has 1 aliphatic rings. The average molecular weight is 365 g/mol. The van der Waals surface area contributed by atoms with Gasteiger partial charge in [0, 0.05) is 0 Å². The molecule has 2 aromatic carbocycles. The summed E-state index contributed by atoms with van der Waals surface area (Å²) in [6.45, 7) is 0. The van der Waals surface area contributed by atoms with E-state index in [1.807, 2.05) is 66.7 Å². The van der Waals surface area contributed by atoms with Crippen LogP contribution in [-0.4, -0.2) is 24.1 Å². The maximum atomic E-state index is 13.0. The standard InChI is InChI=1S/C22H23NO4/c1-27-17-13-11-16(12-14-17)20(15-7-3-2-4-8-15)23-21(24)18-9-5-6-10-19(18)22(25)26/h2-8,11-14,18-20H,9-10H2,1H3,(H,23,24)(H,25,26). The van der Waals surface area contributed by atoms with E-state index in [1.54, 1.807) is 7.11 Å². The van der Waals surface area contributed by atoms with Crippen molar-refractivity contribution in [1.82, 2.24) is 5.32 Å². The van der Waals surface area contributed by atoms with Crippen LogP contribution < -0.4 is 10.1 Å². The lowest BCUT2D eigenvalue weighted by Crippen LogP contribution is -2.40. The van der Waals surface area contributed by atoms with Gasteiger partial charge in [0.15, 0.2) is 0 Å². The SMILES string of the molecule is COc1ccc(C(NC(=O)C2CC=CCC2C(=O)O)c2ccccc2)cc1. The molecule has 140 valence electrons. The minimum absolute atomic E-state index is 0.239. The molecule has 5 heteroatoms. The van der Waals surface area contributed by atoms with Crippen molar-refractivity contribution in [3.05, 3.63) is 77.9 Å². The molecule has 27 heavy (non-hydrogen) atoms. The minimum atomic E-state index is -0.930. The van der Waals surface area contributed by atoms with E-state index in [0.717, 1.165) is 16.9 Å². The number of rotatable bonds is 6. The van der Waals surface area contributed by atoms with Gasteiger partial charge in [-0.1, -0.05) is 54.6 Å². The lowest BCUT2D eigenvalue weighted by Gasteiger charge is -2.27. The zero-order valence-corrected chi connectivity index (χ0v) is 15.2. The van der Waals surface area contributed by atoms with Crippen LogP contribution in [0.5, 0.6) is 5.75 Å². The Morgan fingerprint density at radius 1 is 0.963 bits per heavy atom. The van der Waals surface area contributed by atoms with E-state index in [-0.39, 0.29) is 11.9 Å². The Morgan fingerprint density at radius 2 is 1.56 bits per heavy atom. The number of hydrogen-bond acceptors (Lipinski definition) is 3. The summed E-state index contributed by atoms with van der Waals surface area (Å²) in [7, 11) is 1.61. The third-order valence-corrected chi connectivity index (χ3v) is 4.96. The van der Waals surface area contributed by atoms with E-state index in [9.17, 15) is 14.7 Å². The lowest BCUT2D eigenvalue weighted by molar-refractivity contribution is -0.147. The third kappa shape index (κ3) is 4.37. The van der Waals surface area contributed by atoms with Crippen LogP contribution in [0.1, 0.15) is 30.0 Å². The molecule has 0 heterocycles. The fourth-order valence-electron chi connectivity index (χ4n) is 3.43. The lowest BCUT2D eigenvalue weighted by atomic mass is 9.82. The smallest absolute Gasteiger partial charge is 0.307 e. The van der Waals surface area contributed by atoms with Crippen LogP contribution in [0.25, 0.3) is 0 Å². The molecule has 0 bridgehead atoms. The van der Waals surface area contributed by atoms with E-state index in [1.165, 1.54) is 0 Å². The first-order valence-electron chi connectivity index (χ1n) is 8.97. The summed E-state index contributed by atoms with van der Waals surface area (Å²) in [5.74, 6) is -1.70. The molecule has 3 atom stereocenters. The second-order valence-corrected chi connectivity index (χ2v) is 6.62. The molecule has 3 rings (SSSR count). The number of ether oxygens (including phenoxy) is 1. The molecular weight excluding hydrogens is 342 g/mol. The van der Waals surface area contributed by atoms with Crippen molar-refractivity contribution < 1.29 is 19.4 Å². The number of amides is 1. The fraction of sp³-hybridized carbons (Fsp3) is 0.273. The molecule has 2 N–H and O–H groups in total. The molecule has 0 aliphatic heterocycles. The molecule has 0 aromatic heterocycles. The van der Waals surface area contributed by atoms with Crippen LogP contribution in [0.4, 0.5) is 0 Å². The second kappa shape index (κ2) is 8.54. The van der Waals surface area contributed by atoms with E-state index < -0.39 is 17.8 Å². The average Bonchev–Trinajstić information content (AvgIpc) is 2.72. The maximum Gasteiger partial charge on any atom is 0.307 e. The Bertz CT molecular complexity index is 814. The number of allylic oxidation sites excluding steroid dienone is 2. The number of carbonyl (C=O) groups excluding carboxylic acids is 1. The van der Waals surface area contributed by atoms with Crippen LogP contribution in [0.2, 0.25) is 0 Å². The molecule has 5 nitrogen and oxygen atoms in total. The summed E-state index contributed by atoms with van der Waals surface area (Å²) in [4.78, 5) is 24.5. The molecule has 0 spiro atoms. The second-order valence-electron chi connectivity index (χ2n) is 6.62. The highest BCUT2D eigenvalue weighted by Gasteiger charge is 2.35. The quantitative estimate of drug-likeness (QED) is 0.768. The zero-order valence-electron chi connectivity index (χ0n) is 15.2. The van der Waals surface area contributed by atoms with Gasteiger partial charge in [-0.25, -0.2) is 0 Å². The predicted octanol–water partition coefficient (Wildman–Crippen LogP) is 3.57. The Hall–Kier alpha value is -3.08. The van der Waals surface area contributed by atoms with Gasteiger partial charge in [0.1, 0.15) is 5.75 Å². The van der Waals surface area contributed by atoms with Gasteiger partial charge in [-0.3, -0.25) is 9.59 Å². The van der Waals surface area contributed by atoms with Gasteiger partial charge in [0.2, 0.25) is 5.91 Å². The van der Waals surface area contributed by atoms with Gasteiger partial charge in [-0.05, 0) is 36.1 Å². The highest BCUT2D eigenvalue weighted by atomic mass is 16.5. The molecule has 1 aliphatic carbocycles. The van der Waals surface area contributed by atoms with Gasteiger partial charge in [0.25, 0.3) is 0 Å². The molecule has 1 amide bonds. The van der Waals surface area contributed by atoms with E-state index in [0.29, 0.717) is 12.8 Å². The minimum Gasteiger partial charge on any atom is -0.497 e. The van der Waals surface area contributed by atoms with Crippen LogP contribution in [0.3, 0.4) is 0 Å². The van der Waals surface area contributed by atoms with Gasteiger partial charge in [0.05, 0.1) is 25.0 Å². The first kappa shape index (κ1) is 18.7. The van der Waals surface area contributed by atoms with Crippen molar-refractivity contribution >= 4 is 11.9 Å². The van der Waals surface area contributed by atoms with Crippen molar-refractivity contribution in [3.8, 4) is 5.75 Å². The van der Waals surface area contributed by atoms with Gasteiger partial charge in [-0.15, -0.1) is 0 Å². The highest BCUT2D eigenvalue weighted by molar-refractivity contribution is 5.85. The number of carbonyl (C=O) groups is 2. The third-order valence-electron chi connectivity index (χ3n) is 4.96.